The van der Waals surface area contributed by atoms with E-state index in [9.17, 15) is 0 Å². The van der Waals surface area contributed by atoms with Crippen LogP contribution in [0.5, 0.6) is 0 Å². The number of fused-ring (bicyclic) bond motifs is 1. The highest BCUT2D eigenvalue weighted by Gasteiger charge is 2.16. The minimum absolute atomic E-state index is 0.456. The number of aromatic nitrogens is 3. The van der Waals surface area contributed by atoms with Crippen molar-refractivity contribution in [2.24, 2.45) is 0 Å². The Morgan fingerprint density at radius 2 is 2.44 bits per heavy atom. The van der Waals surface area contributed by atoms with E-state index in [4.69, 9.17) is 0 Å². The molecule has 2 aromatic heterocycles. The van der Waals surface area contributed by atoms with Gasteiger partial charge in [0.1, 0.15) is 0 Å². The van der Waals surface area contributed by atoms with Crippen LogP contribution in [-0.2, 0) is 0 Å². The van der Waals surface area contributed by atoms with Gasteiger partial charge in [0.25, 0.3) is 0 Å². The molecule has 0 amide bonds. The van der Waals surface area contributed by atoms with Crippen LogP contribution in [0.15, 0.2) is 18.2 Å². The van der Waals surface area contributed by atoms with Gasteiger partial charge >= 0.3 is 0 Å². The molecule has 3 heterocycles. The van der Waals surface area contributed by atoms with Crippen LogP contribution in [0.25, 0.3) is 5.65 Å². The summed E-state index contributed by atoms with van der Waals surface area (Å²) in [5.74, 6) is 0.725. The van der Waals surface area contributed by atoms with Crippen LogP contribution in [0.4, 0.5) is 5.95 Å². The first-order valence-electron chi connectivity index (χ1n) is 5.62. The topological polar surface area (TPSA) is 54.2 Å². The van der Waals surface area contributed by atoms with E-state index in [0.717, 1.165) is 36.8 Å². The largest absolute Gasteiger partial charge is 0.349 e. The van der Waals surface area contributed by atoms with Gasteiger partial charge in [0.15, 0.2) is 5.65 Å². The van der Waals surface area contributed by atoms with Crippen LogP contribution in [0.3, 0.4) is 0 Å². The van der Waals surface area contributed by atoms with E-state index in [1.54, 1.807) is 0 Å². The Bertz CT molecular complexity index is 498. The molecule has 0 aliphatic carbocycles. The molecule has 3 rings (SSSR count). The first-order chi connectivity index (χ1) is 7.83. The molecular weight excluding hydrogens is 202 g/mol. The van der Waals surface area contributed by atoms with Gasteiger partial charge < -0.3 is 10.6 Å². The maximum atomic E-state index is 4.45. The number of rotatable bonds is 2. The van der Waals surface area contributed by atoms with Crippen molar-refractivity contribution >= 4 is 11.6 Å². The number of nitrogens with one attached hydrogen (secondary N) is 2. The number of nitrogens with zero attached hydrogens (tertiary/aromatic N) is 3. The third-order valence-corrected chi connectivity index (χ3v) is 2.94. The first-order valence-corrected chi connectivity index (χ1v) is 5.62. The van der Waals surface area contributed by atoms with Gasteiger partial charge in [0.05, 0.1) is 0 Å². The van der Waals surface area contributed by atoms with Crippen molar-refractivity contribution in [3.8, 4) is 0 Å². The van der Waals surface area contributed by atoms with E-state index in [1.807, 2.05) is 29.6 Å². The molecule has 1 saturated heterocycles. The van der Waals surface area contributed by atoms with Gasteiger partial charge in [-0.05, 0) is 32.0 Å². The quantitative estimate of drug-likeness (QED) is 0.781. The Hall–Kier alpha value is -1.62. The fourth-order valence-electron chi connectivity index (χ4n) is 2.06. The second-order valence-corrected chi connectivity index (χ2v) is 4.21. The summed E-state index contributed by atoms with van der Waals surface area (Å²) >= 11 is 0. The summed E-state index contributed by atoms with van der Waals surface area (Å²) in [4.78, 5) is 4.45. The molecule has 0 spiro atoms. The summed E-state index contributed by atoms with van der Waals surface area (Å²) in [6, 6.07) is 6.46. The molecule has 1 fully saturated rings. The SMILES string of the molecule is Cc1cccc2nc(NC3CCNC3)nn12. The van der Waals surface area contributed by atoms with Crippen LogP contribution >= 0.6 is 0 Å². The average molecular weight is 217 g/mol. The third kappa shape index (κ3) is 1.63. The minimum Gasteiger partial charge on any atom is -0.349 e. The molecule has 5 nitrogen and oxygen atoms in total. The molecule has 1 atom stereocenters. The lowest BCUT2D eigenvalue weighted by molar-refractivity contribution is 0.777. The van der Waals surface area contributed by atoms with Crippen molar-refractivity contribution in [1.29, 1.82) is 0 Å². The highest BCUT2D eigenvalue weighted by atomic mass is 15.4. The number of aryl methyl sites for hydroxylation is 1. The monoisotopic (exact) mass is 217 g/mol. The second kappa shape index (κ2) is 3.75. The predicted molar refractivity (Wildman–Crippen MR) is 62.6 cm³/mol. The molecule has 84 valence electrons. The third-order valence-electron chi connectivity index (χ3n) is 2.94. The Morgan fingerprint density at radius 3 is 3.19 bits per heavy atom. The van der Waals surface area contributed by atoms with E-state index in [0.29, 0.717) is 6.04 Å². The molecule has 16 heavy (non-hydrogen) atoms. The van der Waals surface area contributed by atoms with E-state index in [2.05, 4.69) is 20.7 Å². The summed E-state index contributed by atoms with van der Waals surface area (Å²) in [6.45, 7) is 4.10. The minimum atomic E-state index is 0.456. The number of pyridine rings is 1. The van der Waals surface area contributed by atoms with Gasteiger partial charge in [0, 0.05) is 18.3 Å². The van der Waals surface area contributed by atoms with E-state index >= 15 is 0 Å². The normalized spacial score (nSPS) is 20.4. The van der Waals surface area contributed by atoms with E-state index in [1.165, 1.54) is 0 Å². The molecule has 1 aliphatic rings. The maximum absolute atomic E-state index is 4.45. The molecule has 1 unspecified atom stereocenters. The predicted octanol–water partition coefficient (Wildman–Crippen LogP) is 0.812. The van der Waals surface area contributed by atoms with Crippen molar-refractivity contribution in [2.75, 3.05) is 18.4 Å². The molecule has 0 saturated carbocycles. The average Bonchev–Trinajstić information content (AvgIpc) is 2.88. The fourth-order valence-corrected chi connectivity index (χ4v) is 2.06. The number of hydrogen-bond donors (Lipinski definition) is 2. The fraction of sp³-hybridized carbons (Fsp3) is 0.455. The lowest BCUT2D eigenvalue weighted by atomic mass is 10.3. The smallest absolute Gasteiger partial charge is 0.243 e. The van der Waals surface area contributed by atoms with Crippen LogP contribution < -0.4 is 10.6 Å². The van der Waals surface area contributed by atoms with Gasteiger partial charge in [-0.2, -0.15) is 4.98 Å². The lowest BCUT2D eigenvalue weighted by Gasteiger charge is -2.07. The van der Waals surface area contributed by atoms with Gasteiger partial charge in [-0.3, -0.25) is 0 Å². The number of hydrogen-bond acceptors (Lipinski definition) is 4. The van der Waals surface area contributed by atoms with E-state index < -0.39 is 0 Å². The molecule has 2 aromatic rings. The maximum Gasteiger partial charge on any atom is 0.243 e. The van der Waals surface area contributed by atoms with Crippen molar-refractivity contribution in [3.05, 3.63) is 23.9 Å². The zero-order valence-corrected chi connectivity index (χ0v) is 9.27. The summed E-state index contributed by atoms with van der Waals surface area (Å²) < 4.78 is 1.87. The molecule has 2 N–H and O–H groups in total. The van der Waals surface area contributed by atoms with Crippen LogP contribution in [0.1, 0.15) is 12.1 Å². The van der Waals surface area contributed by atoms with E-state index in [-0.39, 0.29) is 0 Å². The van der Waals surface area contributed by atoms with Gasteiger partial charge in [0.2, 0.25) is 5.95 Å². The standard InChI is InChI=1S/C11H15N5/c1-8-3-2-4-10-14-11(15-16(8)10)13-9-5-6-12-7-9/h2-4,9,12H,5-7H2,1H3,(H,13,15). The Kier molecular flexibility index (Phi) is 2.25. The zero-order chi connectivity index (χ0) is 11.0. The first kappa shape index (κ1) is 9.59. The summed E-state index contributed by atoms with van der Waals surface area (Å²) in [7, 11) is 0. The molecule has 0 radical (unpaired) electrons. The van der Waals surface area contributed by atoms with Crippen molar-refractivity contribution in [3.63, 3.8) is 0 Å². The van der Waals surface area contributed by atoms with Crippen molar-refractivity contribution in [1.82, 2.24) is 19.9 Å². The Morgan fingerprint density at radius 1 is 1.50 bits per heavy atom. The highest BCUT2D eigenvalue weighted by Crippen LogP contribution is 2.10. The lowest BCUT2D eigenvalue weighted by Crippen LogP contribution is -2.22. The Balaban J connectivity index is 1.90. The molecule has 0 aromatic carbocycles. The second-order valence-electron chi connectivity index (χ2n) is 4.21. The highest BCUT2D eigenvalue weighted by molar-refractivity contribution is 5.44. The summed E-state index contributed by atoms with van der Waals surface area (Å²) in [5.41, 5.74) is 2.00. The molecular formula is C11H15N5. The molecule has 1 aliphatic heterocycles. The molecule has 0 bridgehead atoms. The summed E-state index contributed by atoms with van der Waals surface area (Å²) in [5, 5.41) is 11.1. The van der Waals surface area contributed by atoms with Crippen molar-refractivity contribution in [2.45, 2.75) is 19.4 Å². The Labute approximate surface area is 93.9 Å². The van der Waals surface area contributed by atoms with Crippen LogP contribution in [-0.4, -0.2) is 33.7 Å². The van der Waals surface area contributed by atoms with Gasteiger partial charge in [-0.25, -0.2) is 4.52 Å². The molecule has 5 heteroatoms. The van der Waals surface area contributed by atoms with Gasteiger partial charge in [-0.15, -0.1) is 5.10 Å². The van der Waals surface area contributed by atoms with Crippen LogP contribution in [0.2, 0.25) is 0 Å². The van der Waals surface area contributed by atoms with Crippen LogP contribution in [0, 0.1) is 6.92 Å². The number of anilines is 1. The van der Waals surface area contributed by atoms with Gasteiger partial charge in [-0.1, -0.05) is 6.07 Å². The summed E-state index contributed by atoms with van der Waals surface area (Å²) in [6.07, 6.45) is 1.13. The zero-order valence-electron chi connectivity index (χ0n) is 9.27. The van der Waals surface area contributed by atoms with Crippen molar-refractivity contribution < 1.29 is 0 Å².